The van der Waals surface area contributed by atoms with Crippen LogP contribution in [0.25, 0.3) is 0 Å². The van der Waals surface area contributed by atoms with Crippen molar-refractivity contribution in [3.05, 3.63) is 0 Å². The first kappa shape index (κ1) is 8.57. The van der Waals surface area contributed by atoms with Crippen molar-refractivity contribution in [2.45, 2.75) is 45.6 Å². The second-order valence-corrected chi connectivity index (χ2v) is 3.52. The number of amides is 1. The highest BCUT2D eigenvalue weighted by atomic mass is 16.2. The van der Waals surface area contributed by atoms with E-state index in [2.05, 4.69) is 26.1 Å². The Labute approximate surface area is 68.4 Å². The second kappa shape index (κ2) is 2.84. The first-order valence-corrected chi connectivity index (χ1v) is 4.45. The topological polar surface area (TPSA) is 29.1 Å². The third-order valence-corrected chi connectivity index (χ3v) is 3.09. The van der Waals surface area contributed by atoms with E-state index in [9.17, 15) is 4.79 Å². The van der Waals surface area contributed by atoms with Gasteiger partial charge < -0.3 is 5.32 Å². The maximum absolute atomic E-state index is 11.1. The van der Waals surface area contributed by atoms with Crippen molar-refractivity contribution in [3.8, 4) is 0 Å². The first-order chi connectivity index (χ1) is 5.14. The lowest BCUT2D eigenvalue weighted by Crippen LogP contribution is -2.43. The zero-order valence-electron chi connectivity index (χ0n) is 7.61. The molecule has 1 atom stereocenters. The Kier molecular flexibility index (Phi) is 2.21. The van der Waals surface area contributed by atoms with Gasteiger partial charge in [-0.3, -0.25) is 4.79 Å². The Hall–Kier alpha value is -0.530. The summed E-state index contributed by atoms with van der Waals surface area (Å²) in [7, 11) is 0. The maximum Gasteiger partial charge on any atom is 0.220 e. The summed E-state index contributed by atoms with van der Waals surface area (Å²) in [5, 5.41) is 3.08. The van der Waals surface area contributed by atoms with Gasteiger partial charge in [0.05, 0.1) is 0 Å². The van der Waals surface area contributed by atoms with E-state index in [0.29, 0.717) is 12.3 Å². The molecule has 0 saturated carbocycles. The van der Waals surface area contributed by atoms with Crippen LogP contribution in [0.2, 0.25) is 0 Å². The normalized spacial score (nSPS) is 28.6. The molecule has 2 nitrogen and oxygen atoms in total. The van der Waals surface area contributed by atoms with Gasteiger partial charge in [0.2, 0.25) is 5.91 Å². The number of carbonyl (C=O) groups is 1. The average Bonchev–Trinajstić information content (AvgIpc) is 2.27. The van der Waals surface area contributed by atoms with Crippen LogP contribution in [0, 0.1) is 5.92 Å². The Morgan fingerprint density at radius 3 is 2.27 bits per heavy atom. The van der Waals surface area contributed by atoms with Crippen LogP contribution in [0.5, 0.6) is 0 Å². The van der Waals surface area contributed by atoms with E-state index in [1.165, 1.54) is 0 Å². The van der Waals surface area contributed by atoms with Crippen LogP contribution >= 0.6 is 0 Å². The molecule has 1 aliphatic heterocycles. The highest BCUT2D eigenvalue weighted by molar-refractivity contribution is 5.79. The lowest BCUT2D eigenvalue weighted by atomic mass is 9.82. The fraction of sp³-hybridized carbons (Fsp3) is 0.889. The first-order valence-electron chi connectivity index (χ1n) is 4.45. The highest BCUT2D eigenvalue weighted by Gasteiger charge is 2.40. The largest absolute Gasteiger partial charge is 0.350 e. The van der Waals surface area contributed by atoms with Gasteiger partial charge in [0.15, 0.2) is 0 Å². The van der Waals surface area contributed by atoms with Gasteiger partial charge in [-0.25, -0.2) is 0 Å². The molecule has 0 bridgehead atoms. The summed E-state index contributed by atoms with van der Waals surface area (Å²) in [6.45, 7) is 6.45. The molecule has 1 fully saturated rings. The molecule has 1 aliphatic rings. The molecule has 1 saturated heterocycles. The van der Waals surface area contributed by atoms with Crippen molar-refractivity contribution in [3.63, 3.8) is 0 Å². The lowest BCUT2D eigenvalue weighted by Gasteiger charge is -2.30. The number of hydrogen-bond donors (Lipinski definition) is 1. The Balaban J connectivity index is 2.75. The molecular weight excluding hydrogens is 138 g/mol. The summed E-state index contributed by atoms with van der Waals surface area (Å²) in [6.07, 6.45) is 2.81. The highest BCUT2D eigenvalue weighted by Crippen LogP contribution is 2.32. The summed E-state index contributed by atoms with van der Waals surface area (Å²) in [5.74, 6) is 0.728. The Morgan fingerprint density at radius 2 is 2.09 bits per heavy atom. The molecule has 0 aromatic rings. The standard InChI is InChI=1S/C9H17NO/c1-4-9(5-2)7(3)6-8(11)10-9/h7H,4-6H2,1-3H3,(H,10,11). The van der Waals surface area contributed by atoms with Gasteiger partial charge in [-0.1, -0.05) is 20.8 Å². The van der Waals surface area contributed by atoms with Gasteiger partial charge in [-0.05, 0) is 18.8 Å². The molecule has 64 valence electrons. The summed E-state index contributed by atoms with van der Waals surface area (Å²) >= 11 is 0. The molecule has 2 heteroatoms. The van der Waals surface area contributed by atoms with E-state index >= 15 is 0 Å². The summed E-state index contributed by atoms with van der Waals surface area (Å²) in [4.78, 5) is 11.1. The minimum absolute atomic E-state index is 0.108. The SMILES string of the molecule is CCC1(CC)NC(=O)CC1C. The third-order valence-electron chi connectivity index (χ3n) is 3.09. The maximum atomic E-state index is 11.1. The van der Waals surface area contributed by atoms with Crippen LogP contribution in [-0.2, 0) is 4.79 Å². The van der Waals surface area contributed by atoms with Gasteiger partial charge in [0.1, 0.15) is 0 Å². The molecule has 0 radical (unpaired) electrons. The quantitative estimate of drug-likeness (QED) is 0.646. The molecule has 0 aromatic carbocycles. The second-order valence-electron chi connectivity index (χ2n) is 3.52. The molecule has 1 amide bonds. The van der Waals surface area contributed by atoms with E-state index < -0.39 is 0 Å². The van der Waals surface area contributed by atoms with Crippen molar-refractivity contribution in [2.75, 3.05) is 0 Å². The molecule has 1 heterocycles. The van der Waals surface area contributed by atoms with Crippen LogP contribution in [-0.4, -0.2) is 11.4 Å². The van der Waals surface area contributed by atoms with Gasteiger partial charge in [-0.2, -0.15) is 0 Å². The van der Waals surface area contributed by atoms with Crippen LogP contribution in [0.4, 0.5) is 0 Å². The summed E-state index contributed by atoms with van der Waals surface area (Å²) in [5.41, 5.74) is 0.108. The molecule has 11 heavy (non-hydrogen) atoms. The average molecular weight is 155 g/mol. The van der Waals surface area contributed by atoms with Gasteiger partial charge in [0, 0.05) is 12.0 Å². The number of rotatable bonds is 2. The van der Waals surface area contributed by atoms with Crippen molar-refractivity contribution in [1.29, 1.82) is 0 Å². The molecule has 0 aromatic heterocycles. The number of carbonyl (C=O) groups excluding carboxylic acids is 1. The fourth-order valence-electron chi connectivity index (χ4n) is 2.05. The zero-order valence-corrected chi connectivity index (χ0v) is 7.61. The molecule has 0 spiro atoms. The van der Waals surface area contributed by atoms with E-state index in [-0.39, 0.29) is 11.4 Å². The molecule has 1 unspecified atom stereocenters. The van der Waals surface area contributed by atoms with Crippen LogP contribution in [0.3, 0.4) is 0 Å². The van der Waals surface area contributed by atoms with E-state index in [0.717, 1.165) is 12.8 Å². The van der Waals surface area contributed by atoms with Crippen LogP contribution in [0.15, 0.2) is 0 Å². The fourth-order valence-corrected chi connectivity index (χ4v) is 2.05. The van der Waals surface area contributed by atoms with Crippen LogP contribution < -0.4 is 5.32 Å². The number of nitrogens with one attached hydrogen (secondary N) is 1. The smallest absolute Gasteiger partial charge is 0.220 e. The van der Waals surface area contributed by atoms with E-state index in [1.807, 2.05) is 0 Å². The van der Waals surface area contributed by atoms with Crippen molar-refractivity contribution >= 4 is 5.91 Å². The van der Waals surface area contributed by atoms with Gasteiger partial charge >= 0.3 is 0 Å². The van der Waals surface area contributed by atoms with Crippen LogP contribution in [0.1, 0.15) is 40.0 Å². The van der Waals surface area contributed by atoms with Gasteiger partial charge in [-0.15, -0.1) is 0 Å². The summed E-state index contributed by atoms with van der Waals surface area (Å²) in [6, 6.07) is 0. The Morgan fingerprint density at radius 1 is 1.55 bits per heavy atom. The number of hydrogen-bond acceptors (Lipinski definition) is 1. The molecular formula is C9H17NO. The predicted octanol–water partition coefficient (Wildman–Crippen LogP) is 1.70. The van der Waals surface area contributed by atoms with E-state index in [1.54, 1.807) is 0 Å². The van der Waals surface area contributed by atoms with Crippen molar-refractivity contribution in [2.24, 2.45) is 5.92 Å². The minimum Gasteiger partial charge on any atom is -0.350 e. The Bertz CT molecular complexity index is 161. The van der Waals surface area contributed by atoms with Crippen molar-refractivity contribution < 1.29 is 4.79 Å². The monoisotopic (exact) mass is 155 g/mol. The lowest BCUT2D eigenvalue weighted by molar-refractivity contribution is -0.119. The molecule has 0 aliphatic carbocycles. The van der Waals surface area contributed by atoms with E-state index in [4.69, 9.17) is 0 Å². The molecule has 1 N–H and O–H groups in total. The van der Waals surface area contributed by atoms with Gasteiger partial charge in [0.25, 0.3) is 0 Å². The minimum atomic E-state index is 0.108. The predicted molar refractivity (Wildman–Crippen MR) is 45.2 cm³/mol. The van der Waals surface area contributed by atoms with Crippen molar-refractivity contribution in [1.82, 2.24) is 5.32 Å². The zero-order chi connectivity index (χ0) is 8.48. The molecule has 1 rings (SSSR count). The summed E-state index contributed by atoms with van der Waals surface area (Å²) < 4.78 is 0. The third kappa shape index (κ3) is 1.26.